The highest BCUT2D eigenvalue weighted by Crippen LogP contribution is 2.24. The van der Waals surface area contributed by atoms with Gasteiger partial charge in [-0.05, 0) is 25.3 Å². The van der Waals surface area contributed by atoms with Crippen molar-refractivity contribution >= 4 is 5.52 Å². The zero-order valence-corrected chi connectivity index (χ0v) is 9.62. The van der Waals surface area contributed by atoms with Gasteiger partial charge in [-0.15, -0.1) is 0 Å². The molecule has 2 atom stereocenters. The third-order valence-electron chi connectivity index (χ3n) is 3.31. The Morgan fingerprint density at radius 3 is 3.06 bits per heavy atom. The largest absolute Gasteiger partial charge is 0.471 e. The zero-order valence-electron chi connectivity index (χ0n) is 9.62. The van der Waals surface area contributed by atoms with Gasteiger partial charge in [0.25, 0.3) is 0 Å². The highest BCUT2D eigenvalue weighted by Gasteiger charge is 2.24. The van der Waals surface area contributed by atoms with E-state index in [2.05, 4.69) is 10.1 Å². The first-order chi connectivity index (χ1) is 8.34. The zero-order chi connectivity index (χ0) is 11.7. The highest BCUT2D eigenvalue weighted by molar-refractivity contribution is 5.54. The number of nitrogens with zero attached hydrogens (tertiary/aromatic N) is 3. The van der Waals surface area contributed by atoms with Gasteiger partial charge >= 0.3 is 0 Å². The Labute approximate surface area is 99.6 Å². The minimum Gasteiger partial charge on any atom is -0.471 e. The second-order valence-corrected chi connectivity index (χ2v) is 4.50. The van der Waals surface area contributed by atoms with Crippen LogP contribution in [-0.4, -0.2) is 26.7 Å². The van der Waals surface area contributed by atoms with E-state index in [-0.39, 0.29) is 12.1 Å². The van der Waals surface area contributed by atoms with Crippen LogP contribution in [0.25, 0.3) is 5.52 Å². The van der Waals surface area contributed by atoms with Crippen molar-refractivity contribution in [3.63, 3.8) is 0 Å². The lowest BCUT2D eigenvalue weighted by Gasteiger charge is -2.28. The lowest BCUT2D eigenvalue weighted by atomic mass is 9.93. The Balaban J connectivity index is 1.86. The second kappa shape index (κ2) is 4.33. The van der Waals surface area contributed by atoms with Gasteiger partial charge in [-0.1, -0.05) is 6.42 Å². The van der Waals surface area contributed by atoms with Crippen molar-refractivity contribution in [1.82, 2.24) is 14.6 Å². The van der Waals surface area contributed by atoms with Crippen LogP contribution >= 0.6 is 0 Å². The third kappa shape index (κ3) is 1.98. The van der Waals surface area contributed by atoms with Crippen LogP contribution in [0, 0.1) is 0 Å². The molecular formula is C12H16N4O. The molecular weight excluding hydrogens is 216 g/mol. The van der Waals surface area contributed by atoms with Gasteiger partial charge in [0.05, 0.1) is 6.20 Å². The van der Waals surface area contributed by atoms with Gasteiger partial charge in [0, 0.05) is 18.4 Å². The van der Waals surface area contributed by atoms with E-state index in [0.29, 0.717) is 5.88 Å². The smallest absolute Gasteiger partial charge is 0.240 e. The highest BCUT2D eigenvalue weighted by atomic mass is 16.5. The Morgan fingerprint density at radius 2 is 2.18 bits per heavy atom. The van der Waals surface area contributed by atoms with Gasteiger partial charge < -0.3 is 10.5 Å². The number of nitrogens with two attached hydrogens (primary N) is 1. The van der Waals surface area contributed by atoms with Crippen molar-refractivity contribution in [3.8, 4) is 5.88 Å². The van der Waals surface area contributed by atoms with E-state index in [0.717, 1.165) is 18.4 Å². The van der Waals surface area contributed by atoms with E-state index in [9.17, 15) is 0 Å². The molecule has 5 heteroatoms. The molecule has 3 rings (SSSR count). The quantitative estimate of drug-likeness (QED) is 0.849. The number of hydrogen-bond donors (Lipinski definition) is 1. The van der Waals surface area contributed by atoms with E-state index < -0.39 is 0 Å². The first kappa shape index (κ1) is 10.5. The Kier molecular flexibility index (Phi) is 2.68. The summed E-state index contributed by atoms with van der Waals surface area (Å²) in [6, 6.07) is 2.02. The second-order valence-electron chi connectivity index (χ2n) is 4.50. The first-order valence-corrected chi connectivity index (χ1v) is 6.05. The summed E-state index contributed by atoms with van der Waals surface area (Å²) in [5.74, 6) is 0.632. The van der Waals surface area contributed by atoms with Crippen LogP contribution in [0.1, 0.15) is 25.7 Å². The van der Waals surface area contributed by atoms with Crippen molar-refractivity contribution < 1.29 is 4.74 Å². The molecule has 2 heterocycles. The number of hydrogen-bond acceptors (Lipinski definition) is 4. The molecule has 0 bridgehead atoms. The summed E-state index contributed by atoms with van der Waals surface area (Å²) in [7, 11) is 0. The Morgan fingerprint density at radius 1 is 1.29 bits per heavy atom. The van der Waals surface area contributed by atoms with Gasteiger partial charge in [0.2, 0.25) is 5.88 Å². The number of fused-ring (bicyclic) bond motifs is 1. The maximum Gasteiger partial charge on any atom is 0.240 e. The topological polar surface area (TPSA) is 65.4 Å². The van der Waals surface area contributed by atoms with Crippen LogP contribution < -0.4 is 10.5 Å². The molecule has 5 nitrogen and oxygen atoms in total. The molecule has 1 aliphatic rings. The monoisotopic (exact) mass is 232 g/mol. The minimum atomic E-state index is 0.0809. The van der Waals surface area contributed by atoms with Gasteiger partial charge in [-0.25, -0.2) is 9.50 Å². The number of rotatable bonds is 2. The van der Waals surface area contributed by atoms with E-state index in [1.54, 1.807) is 16.9 Å². The molecule has 1 fully saturated rings. The van der Waals surface area contributed by atoms with E-state index in [1.165, 1.54) is 12.8 Å². The summed E-state index contributed by atoms with van der Waals surface area (Å²) in [6.07, 6.45) is 9.76. The molecule has 0 radical (unpaired) electrons. The fourth-order valence-electron chi connectivity index (χ4n) is 2.34. The van der Waals surface area contributed by atoms with Gasteiger partial charge in [-0.3, -0.25) is 0 Å². The molecule has 0 aliphatic heterocycles. The summed E-state index contributed by atoms with van der Waals surface area (Å²) in [5, 5.41) is 4.16. The van der Waals surface area contributed by atoms with Gasteiger partial charge in [0.1, 0.15) is 11.6 Å². The third-order valence-corrected chi connectivity index (χ3v) is 3.31. The van der Waals surface area contributed by atoms with Gasteiger partial charge in [0.15, 0.2) is 0 Å². The van der Waals surface area contributed by atoms with Crippen molar-refractivity contribution in [3.05, 3.63) is 24.7 Å². The molecule has 1 aliphatic carbocycles. The Bertz CT molecular complexity index is 510. The van der Waals surface area contributed by atoms with E-state index >= 15 is 0 Å². The summed E-state index contributed by atoms with van der Waals surface area (Å²) >= 11 is 0. The lowest BCUT2D eigenvalue weighted by molar-refractivity contribution is 0.128. The summed E-state index contributed by atoms with van der Waals surface area (Å²) < 4.78 is 7.70. The minimum absolute atomic E-state index is 0.0809. The molecule has 17 heavy (non-hydrogen) atoms. The fraction of sp³-hybridized carbons (Fsp3) is 0.500. The van der Waals surface area contributed by atoms with Crippen LogP contribution in [0.5, 0.6) is 5.88 Å². The molecule has 0 amide bonds. The summed E-state index contributed by atoms with van der Waals surface area (Å²) in [6.45, 7) is 0. The molecule has 0 spiro atoms. The molecule has 90 valence electrons. The maximum absolute atomic E-state index is 6.07. The number of aromatic nitrogens is 3. The van der Waals surface area contributed by atoms with Crippen molar-refractivity contribution in [2.45, 2.75) is 37.8 Å². The molecule has 1 saturated carbocycles. The molecule has 2 aromatic rings. The molecule has 0 saturated heterocycles. The van der Waals surface area contributed by atoms with Gasteiger partial charge in [-0.2, -0.15) is 5.10 Å². The van der Waals surface area contributed by atoms with Crippen molar-refractivity contribution in [1.29, 1.82) is 0 Å². The normalized spacial score (nSPS) is 25.0. The van der Waals surface area contributed by atoms with E-state index in [1.807, 2.05) is 12.3 Å². The average molecular weight is 232 g/mol. The molecule has 2 unspecified atom stereocenters. The fourth-order valence-corrected chi connectivity index (χ4v) is 2.34. The maximum atomic E-state index is 6.07. The summed E-state index contributed by atoms with van der Waals surface area (Å²) in [4.78, 5) is 4.27. The SMILES string of the molecule is NC1CCCCC1Oc1nccn2nccc12. The van der Waals surface area contributed by atoms with E-state index in [4.69, 9.17) is 10.5 Å². The van der Waals surface area contributed by atoms with Crippen molar-refractivity contribution in [2.24, 2.45) is 5.73 Å². The summed E-state index contributed by atoms with van der Waals surface area (Å²) in [5.41, 5.74) is 6.96. The standard InChI is InChI=1S/C12H16N4O/c13-9-3-1-2-4-11(9)17-12-10-5-6-15-16(10)8-7-14-12/h5-9,11H,1-4,13H2. The van der Waals surface area contributed by atoms with Crippen LogP contribution in [0.4, 0.5) is 0 Å². The predicted octanol–water partition coefficient (Wildman–Crippen LogP) is 1.38. The van der Waals surface area contributed by atoms with Crippen LogP contribution in [0.15, 0.2) is 24.7 Å². The number of ether oxygens (including phenoxy) is 1. The first-order valence-electron chi connectivity index (χ1n) is 6.05. The molecule has 2 aromatic heterocycles. The molecule has 2 N–H and O–H groups in total. The van der Waals surface area contributed by atoms with Crippen LogP contribution in [-0.2, 0) is 0 Å². The van der Waals surface area contributed by atoms with Crippen molar-refractivity contribution in [2.75, 3.05) is 0 Å². The predicted molar refractivity (Wildman–Crippen MR) is 63.8 cm³/mol. The lowest BCUT2D eigenvalue weighted by Crippen LogP contribution is -2.41. The molecule has 0 aromatic carbocycles. The van der Waals surface area contributed by atoms with Crippen LogP contribution in [0.3, 0.4) is 0 Å². The average Bonchev–Trinajstić information content (AvgIpc) is 2.81. The Hall–Kier alpha value is -1.62. The van der Waals surface area contributed by atoms with Crippen LogP contribution in [0.2, 0.25) is 0 Å².